The zero-order valence-corrected chi connectivity index (χ0v) is 17.9. The molecular weight excluding hydrogens is 362 g/mol. The summed E-state index contributed by atoms with van der Waals surface area (Å²) < 4.78 is 7.63. The third-order valence-corrected chi connectivity index (χ3v) is 6.04. The van der Waals surface area contributed by atoms with E-state index >= 15 is 0 Å². The molecule has 2 unspecified atom stereocenters. The van der Waals surface area contributed by atoms with Gasteiger partial charge < -0.3 is 14.5 Å². The molecule has 1 aromatic rings. The molecular formula is C19H33N5O2S. The molecule has 27 heavy (non-hydrogen) atoms. The quantitative estimate of drug-likeness (QED) is 0.689. The van der Waals surface area contributed by atoms with Crippen LogP contribution in [0.25, 0.3) is 0 Å². The third kappa shape index (κ3) is 5.38. The first kappa shape index (κ1) is 20.5. The van der Waals surface area contributed by atoms with Crippen molar-refractivity contribution >= 4 is 23.6 Å². The fourth-order valence-corrected chi connectivity index (χ4v) is 4.84. The minimum Gasteiger partial charge on any atom is -0.378 e. The molecule has 2 aliphatic rings. The van der Waals surface area contributed by atoms with E-state index < -0.39 is 0 Å². The molecule has 2 fully saturated rings. The van der Waals surface area contributed by atoms with Gasteiger partial charge >= 0.3 is 0 Å². The van der Waals surface area contributed by atoms with E-state index in [-0.39, 0.29) is 5.91 Å². The largest absolute Gasteiger partial charge is 0.378 e. The summed E-state index contributed by atoms with van der Waals surface area (Å²) in [6.45, 7) is 14.6. The molecule has 7 nitrogen and oxygen atoms in total. The van der Waals surface area contributed by atoms with Crippen molar-refractivity contribution in [2.45, 2.75) is 45.8 Å². The van der Waals surface area contributed by atoms with Crippen molar-refractivity contribution < 1.29 is 9.53 Å². The van der Waals surface area contributed by atoms with Crippen LogP contribution >= 0.6 is 11.8 Å². The van der Waals surface area contributed by atoms with Crippen molar-refractivity contribution in [3.63, 3.8) is 0 Å². The number of thioether (sulfide) groups is 1. The van der Waals surface area contributed by atoms with Crippen molar-refractivity contribution in [1.29, 1.82) is 0 Å². The predicted octanol–water partition coefficient (Wildman–Crippen LogP) is 2.37. The fraction of sp³-hybridized carbons (Fsp3) is 0.842. The molecule has 0 radical (unpaired) electrons. The van der Waals surface area contributed by atoms with Crippen LogP contribution in [0.15, 0.2) is 5.16 Å². The maximum Gasteiger partial charge on any atom is 0.233 e. The summed E-state index contributed by atoms with van der Waals surface area (Å²) in [5, 5.41) is 9.70. The molecule has 0 aromatic carbocycles. The van der Waals surface area contributed by atoms with E-state index in [4.69, 9.17) is 4.74 Å². The number of ether oxygens (including phenoxy) is 1. The lowest BCUT2D eigenvalue weighted by Crippen LogP contribution is -2.43. The lowest BCUT2D eigenvalue weighted by atomic mass is 9.92. The zero-order chi connectivity index (χ0) is 19.4. The van der Waals surface area contributed by atoms with Crippen LogP contribution in [-0.4, -0.2) is 70.7 Å². The Bertz CT molecular complexity index is 620. The summed E-state index contributed by atoms with van der Waals surface area (Å²) in [6.07, 6.45) is 1.21. The molecule has 0 saturated carbocycles. The van der Waals surface area contributed by atoms with Gasteiger partial charge in [0, 0.05) is 32.7 Å². The minimum absolute atomic E-state index is 0.213. The van der Waals surface area contributed by atoms with Gasteiger partial charge in [-0.05, 0) is 24.2 Å². The van der Waals surface area contributed by atoms with Crippen LogP contribution in [0.4, 0.5) is 5.95 Å². The van der Waals surface area contributed by atoms with Crippen molar-refractivity contribution in [1.82, 2.24) is 19.7 Å². The number of hydrogen-bond donors (Lipinski definition) is 0. The van der Waals surface area contributed by atoms with E-state index in [9.17, 15) is 4.79 Å². The number of anilines is 1. The van der Waals surface area contributed by atoms with Crippen LogP contribution in [0.1, 0.15) is 34.1 Å². The molecule has 2 saturated heterocycles. The maximum atomic E-state index is 12.7. The van der Waals surface area contributed by atoms with Gasteiger partial charge in [-0.2, -0.15) is 0 Å². The van der Waals surface area contributed by atoms with Gasteiger partial charge in [0.25, 0.3) is 0 Å². The van der Waals surface area contributed by atoms with Gasteiger partial charge in [0.15, 0.2) is 5.16 Å². The van der Waals surface area contributed by atoms with Crippen molar-refractivity contribution in [2.75, 3.05) is 50.0 Å². The second-order valence-corrected chi connectivity index (χ2v) is 9.36. The van der Waals surface area contributed by atoms with Gasteiger partial charge in [-0.15, -0.1) is 10.2 Å². The van der Waals surface area contributed by atoms with Crippen LogP contribution in [0.3, 0.4) is 0 Å². The Morgan fingerprint density at radius 3 is 2.48 bits per heavy atom. The summed E-state index contributed by atoms with van der Waals surface area (Å²) in [5.74, 6) is 3.20. The van der Waals surface area contributed by atoms with E-state index in [1.807, 2.05) is 4.90 Å². The van der Waals surface area contributed by atoms with E-state index in [2.05, 4.69) is 47.4 Å². The van der Waals surface area contributed by atoms with E-state index in [0.717, 1.165) is 57.0 Å². The molecule has 0 N–H and O–H groups in total. The lowest BCUT2D eigenvalue weighted by molar-refractivity contribution is -0.130. The topological polar surface area (TPSA) is 63.5 Å². The Morgan fingerprint density at radius 1 is 1.19 bits per heavy atom. The van der Waals surface area contributed by atoms with E-state index in [1.54, 1.807) is 0 Å². The zero-order valence-electron chi connectivity index (χ0n) is 17.1. The van der Waals surface area contributed by atoms with Crippen LogP contribution in [0, 0.1) is 17.8 Å². The molecule has 152 valence electrons. The number of amides is 1. The van der Waals surface area contributed by atoms with E-state index in [1.165, 1.54) is 18.2 Å². The highest BCUT2D eigenvalue weighted by atomic mass is 32.2. The average Bonchev–Trinajstić information content (AvgIpc) is 3.01. The standard InChI is InChI=1S/C19H33N5O2S/c1-14(2)10-24-18(22-5-7-26-8-6-22)20-21-19(24)27-13-17(25)23-11-15(3)9-16(4)12-23/h14-16H,5-13H2,1-4H3. The SMILES string of the molecule is CC(C)Cn1c(SCC(=O)N2CC(C)CC(C)C2)nnc1N1CCOCC1. The molecule has 3 heterocycles. The van der Waals surface area contributed by atoms with Gasteiger partial charge in [0.05, 0.1) is 19.0 Å². The molecule has 2 aliphatic heterocycles. The summed E-state index contributed by atoms with van der Waals surface area (Å²) >= 11 is 1.52. The maximum absolute atomic E-state index is 12.7. The van der Waals surface area contributed by atoms with Crippen LogP contribution in [-0.2, 0) is 16.1 Å². The Hall–Kier alpha value is -1.28. The first-order chi connectivity index (χ1) is 12.9. The number of carbonyl (C=O) groups is 1. The second kappa shape index (κ2) is 9.28. The normalized spacial score (nSPS) is 23.9. The molecule has 1 amide bonds. The van der Waals surface area contributed by atoms with Crippen molar-refractivity contribution in [3.05, 3.63) is 0 Å². The summed E-state index contributed by atoms with van der Waals surface area (Å²) in [4.78, 5) is 17.0. The highest BCUT2D eigenvalue weighted by molar-refractivity contribution is 7.99. The Morgan fingerprint density at radius 2 is 1.85 bits per heavy atom. The van der Waals surface area contributed by atoms with Crippen LogP contribution in [0.5, 0.6) is 0 Å². The second-order valence-electron chi connectivity index (χ2n) is 8.42. The number of aromatic nitrogens is 3. The summed E-state index contributed by atoms with van der Waals surface area (Å²) in [7, 11) is 0. The number of hydrogen-bond acceptors (Lipinski definition) is 6. The van der Waals surface area contributed by atoms with Crippen LogP contribution in [0.2, 0.25) is 0 Å². The molecule has 2 atom stereocenters. The smallest absolute Gasteiger partial charge is 0.233 e. The summed E-state index contributed by atoms with van der Waals surface area (Å²) in [5.41, 5.74) is 0. The van der Waals surface area contributed by atoms with Gasteiger partial charge in [0.1, 0.15) is 0 Å². The number of piperidine rings is 1. The lowest BCUT2D eigenvalue weighted by Gasteiger charge is -2.35. The number of morpholine rings is 1. The highest BCUT2D eigenvalue weighted by Crippen LogP contribution is 2.26. The third-order valence-electron chi connectivity index (χ3n) is 5.09. The van der Waals surface area contributed by atoms with Crippen molar-refractivity contribution in [3.8, 4) is 0 Å². The van der Waals surface area contributed by atoms with Crippen molar-refractivity contribution in [2.24, 2.45) is 17.8 Å². The number of likely N-dealkylation sites (tertiary alicyclic amines) is 1. The number of rotatable bonds is 6. The molecule has 3 rings (SSSR count). The predicted molar refractivity (Wildman–Crippen MR) is 108 cm³/mol. The Kier molecular flexibility index (Phi) is 7.03. The van der Waals surface area contributed by atoms with Gasteiger partial charge in [0.2, 0.25) is 11.9 Å². The monoisotopic (exact) mass is 395 g/mol. The minimum atomic E-state index is 0.213. The van der Waals surface area contributed by atoms with Gasteiger partial charge in [-0.25, -0.2) is 0 Å². The molecule has 0 spiro atoms. The first-order valence-electron chi connectivity index (χ1n) is 10.1. The molecule has 8 heteroatoms. The summed E-state index contributed by atoms with van der Waals surface area (Å²) in [6, 6.07) is 0. The fourth-order valence-electron chi connectivity index (χ4n) is 3.99. The number of carbonyl (C=O) groups excluding carboxylic acids is 1. The number of nitrogens with zero attached hydrogens (tertiary/aromatic N) is 5. The first-order valence-corrected chi connectivity index (χ1v) is 11.1. The average molecular weight is 396 g/mol. The molecule has 0 bridgehead atoms. The Labute approximate surface area is 166 Å². The molecule has 1 aromatic heterocycles. The van der Waals surface area contributed by atoms with Crippen LogP contribution < -0.4 is 4.90 Å². The molecule has 0 aliphatic carbocycles. The van der Waals surface area contributed by atoms with Gasteiger partial charge in [-0.3, -0.25) is 9.36 Å². The van der Waals surface area contributed by atoms with Gasteiger partial charge in [-0.1, -0.05) is 39.5 Å². The Balaban J connectivity index is 1.66. The van der Waals surface area contributed by atoms with E-state index in [0.29, 0.717) is 23.5 Å². The highest BCUT2D eigenvalue weighted by Gasteiger charge is 2.26.